The van der Waals surface area contributed by atoms with E-state index in [4.69, 9.17) is 0 Å². The highest BCUT2D eigenvalue weighted by atomic mass is 79.9. The van der Waals surface area contributed by atoms with Crippen LogP contribution in [0.2, 0.25) is 0 Å². The first-order chi connectivity index (χ1) is 8.99. The van der Waals surface area contributed by atoms with Crippen molar-refractivity contribution in [1.29, 1.82) is 0 Å². The average molecular weight is 324 g/mol. The topological polar surface area (TPSA) is 49.3 Å². The number of phenols is 1. The number of nitrogens with one attached hydrogen (secondary N) is 1. The number of amides is 1. The Morgan fingerprint density at radius 1 is 1.32 bits per heavy atom. The summed E-state index contributed by atoms with van der Waals surface area (Å²) in [6.45, 7) is 1.71. The zero-order valence-corrected chi connectivity index (χ0v) is 11.7. The number of rotatable bonds is 2. The zero-order chi connectivity index (χ0) is 14.0. The predicted molar refractivity (Wildman–Crippen MR) is 74.9 cm³/mol. The number of aromatic hydroxyl groups is 1. The Balaban J connectivity index is 2.26. The second-order valence-electron chi connectivity index (χ2n) is 4.05. The van der Waals surface area contributed by atoms with Crippen molar-refractivity contribution in [2.45, 2.75) is 6.92 Å². The van der Waals surface area contributed by atoms with E-state index in [9.17, 15) is 14.3 Å². The van der Waals surface area contributed by atoms with Crippen LogP contribution in [0.1, 0.15) is 15.9 Å². The van der Waals surface area contributed by atoms with E-state index in [1.165, 1.54) is 24.3 Å². The number of hydrogen-bond donors (Lipinski definition) is 2. The molecular formula is C14H11BrFNO2. The second kappa shape index (κ2) is 5.40. The van der Waals surface area contributed by atoms with Crippen molar-refractivity contribution in [3.8, 4) is 5.75 Å². The van der Waals surface area contributed by atoms with Gasteiger partial charge in [0.2, 0.25) is 0 Å². The number of carbonyl (C=O) groups excluding carboxylic acids is 1. The van der Waals surface area contributed by atoms with E-state index in [1.54, 1.807) is 19.1 Å². The van der Waals surface area contributed by atoms with E-state index in [1.807, 2.05) is 0 Å². The van der Waals surface area contributed by atoms with Gasteiger partial charge in [0.1, 0.15) is 11.6 Å². The fraction of sp³-hybridized carbons (Fsp3) is 0.0714. The maximum atomic E-state index is 13.1. The van der Waals surface area contributed by atoms with Gasteiger partial charge in [-0.05, 0) is 52.7 Å². The first-order valence-electron chi connectivity index (χ1n) is 5.54. The Bertz CT molecular complexity index is 643. The van der Waals surface area contributed by atoms with Gasteiger partial charge in [-0.2, -0.15) is 0 Å². The van der Waals surface area contributed by atoms with E-state index < -0.39 is 11.7 Å². The smallest absolute Gasteiger partial charge is 0.259 e. The van der Waals surface area contributed by atoms with Crippen molar-refractivity contribution in [2.24, 2.45) is 0 Å². The number of benzene rings is 2. The van der Waals surface area contributed by atoms with Crippen LogP contribution in [0.5, 0.6) is 5.75 Å². The van der Waals surface area contributed by atoms with E-state index in [0.29, 0.717) is 11.3 Å². The Morgan fingerprint density at radius 3 is 2.74 bits per heavy atom. The van der Waals surface area contributed by atoms with Gasteiger partial charge in [-0.1, -0.05) is 12.1 Å². The number of phenolic OH excluding ortho intramolecular Hbond substituents is 1. The lowest BCUT2D eigenvalue weighted by atomic mass is 10.1. The van der Waals surface area contributed by atoms with Crippen LogP contribution >= 0.6 is 15.9 Å². The minimum Gasteiger partial charge on any atom is -0.507 e. The molecule has 98 valence electrons. The number of halogens is 2. The van der Waals surface area contributed by atoms with Crippen LogP contribution in [-0.4, -0.2) is 11.0 Å². The van der Waals surface area contributed by atoms with E-state index in [2.05, 4.69) is 21.2 Å². The standard InChI is InChI=1S/C14H11BrFNO2/c1-8-3-2-4-10(13(8)18)14(19)17-9-5-6-12(16)11(15)7-9/h2-7,18H,1H3,(H,17,19). The van der Waals surface area contributed by atoms with Crippen LogP contribution in [-0.2, 0) is 0 Å². The Kier molecular flexibility index (Phi) is 3.85. The van der Waals surface area contributed by atoms with Gasteiger partial charge < -0.3 is 10.4 Å². The van der Waals surface area contributed by atoms with E-state index in [-0.39, 0.29) is 15.8 Å². The lowest BCUT2D eigenvalue weighted by molar-refractivity contribution is 0.102. The molecule has 0 aromatic heterocycles. The summed E-state index contributed by atoms with van der Waals surface area (Å²) in [5.41, 5.74) is 1.24. The van der Waals surface area contributed by atoms with Crippen molar-refractivity contribution in [1.82, 2.24) is 0 Å². The third-order valence-electron chi connectivity index (χ3n) is 2.66. The first-order valence-corrected chi connectivity index (χ1v) is 6.33. The Labute approximate surface area is 118 Å². The third-order valence-corrected chi connectivity index (χ3v) is 3.27. The molecule has 2 aromatic rings. The summed E-state index contributed by atoms with van der Waals surface area (Å²) in [5.74, 6) is -0.905. The molecular weight excluding hydrogens is 313 g/mol. The number of aryl methyl sites for hydroxylation is 1. The lowest BCUT2D eigenvalue weighted by Gasteiger charge is -2.08. The molecule has 0 atom stereocenters. The molecule has 2 aromatic carbocycles. The summed E-state index contributed by atoms with van der Waals surface area (Å²) < 4.78 is 13.3. The molecule has 0 aliphatic rings. The van der Waals surface area contributed by atoms with Crippen molar-refractivity contribution >= 4 is 27.5 Å². The molecule has 19 heavy (non-hydrogen) atoms. The Morgan fingerprint density at radius 2 is 2.05 bits per heavy atom. The molecule has 0 saturated heterocycles. The molecule has 2 rings (SSSR count). The predicted octanol–water partition coefficient (Wildman–Crippen LogP) is 3.85. The highest BCUT2D eigenvalue weighted by Crippen LogP contribution is 2.24. The number of carbonyl (C=O) groups is 1. The molecule has 3 nitrogen and oxygen atoms in total. The number of para-hydroxylation sites is 1. The van der Waals surface area contributed by atoms with Gasteiger partial charge in [-0.25, -0.2) is 4.39 Å². The molecule has 0 unspecified atom stereocenters. The quantitative estimate of drug-likeness (QED) is 0.881. The van der Waals surface area contributed by atoms with Crippen molar-refractivity contribution in [2.75, 3.05) is 5.32 Å². The van der Waals surface area contributed by atoms with E-state index >= 15 is 0 Å². The first kappa shape index (κ1) is 13.5. The van der Waals surface area contributed by atoms with Crippen molar-refractivity contribution in [3.05, 3.63) is 57.8 Å². The zero-order valence-electron chi connectivity index (χ0n) is 10.1. The molecule has 5 heteroatoms. The van der Waals surface area contributed by atoms with Gasteiger partial charge in [-0.3, -0.25) is 4.79 Å². The van der Waals surface area contributed by atoms with Gasteiger partial charge in [0, 0.05) is 5.69 Å². The minimum absolute atomic E-state index is 0.0545. The average Bonchev–Trinajstić information content (AvgIpc) is 2.37. The summed E-state index contributed by atoms with van der Waals surface area (Å²) in [5, 5.41) is 12.4. The van der Waals surface area contributed by atoms with Crippen LogP contribution in [0.25, 0.3) is 0 Å². The summed E-state index contributed by atoms with van der Waals surface area (Å²) in [6, 6.07) is 9.07. The maximum absolute atomic E-state index is 13.1. The summed E-state index contributed by atoms with van der Waals surface area (Å²) in [6.07, 6.45) is 0. The second-order valence-corrected chi connectivity index (χ2v) is 4.91. The number of hydrogen-bond acceptors (Lipinski definition) is 2. The molecule has 2 N–H and O–H groups in total. The molecule has 0 fully saturated rings. The fourth-order valence-corrected chi connectivity index (χ4v) is 1.99. The van der Waals surface area contributed by atoms with Gasteiger partial charge >= 0.3 is 0 Å². The van der Waals surface area contributed by atoms with Crippen molar-refractivity contribution < 1.29 is 14.3 Å². The summed E-state index contributed by atoms with van der Waals surface area (Å²) in [7, 11) is 0. The highest BCUT2D eigenvalue weighted by Gasteiger charge is 2.13. The third kappa shape index (κ3) is 2.93. The molecule has 0 saturated carbocycles. The molecule has 0 bridgehead atoms. The van der Waals surface area contributed by atoms with Crippen LogP contribution in [0.3, 0.4) is 0 Å². The monoisotopic (exact) mass is 323 g/mol. The van der Waals surface area contributed by atoms with Gasteiger partial charge in [0.15, 0.2) is 0 Å². The maximum Gasteiger partial charge on any atom is 0.259 e. The largest absolute Gasteiger partial charge is 0.507 e. The minimum atomic E-state index is -0.445. The molecule has 0 radical (unpaired) electrons. The van der Waals surface area contributed by atoms with Crippen LogP contribution in [0.4, 0.5) is 10.1 Å². The lowest BCUT2D eigenvalue weighted by Crippen LogP contribution is -2.12. The SMILES string of the molecule is Cc1cccc(C(=O)Nc2ccc(F)c(Br)c2)c1O. The van der Waals surface area contributed by atoms with Crippen LogP contribution in [0.15, 0.2) is 40.9 Å². The molecule has 0 heterocycles. The summed E-state index contributed by atoms with van der Waals surface area (Å²) >= 11 is 3.04. The van der Waals surface area contributed by atoms with Gasteiger partial charge in [0.05, 0.1) is 10.0 Å². The summed E-state index contributed by atoms with van der Waals surface area (Å²) in [4.78, 5) is 12.0. The normalized spacial score (nSPS) is 10.3. The molecule has 0 aliphatic carbocycles. The fourth-order valence-electron chi connectivity index (χ4n) is 1.61. The number of anilines is 1. The van der Waals surface area contributed by atoms with Gasteiger partial charge in [0.25, 0.3) is 5.91 Å². The highest BCUT2D eigenvalue weighted by molar-refractivity contribution is 9.10. The Hall–Kier alpha value is -1.88. The van der Waals surface area contributed by atoms with Crippen LogP contribution < -0.4 is 5.32 Å². The molecule has 0 aliphatic heterocycles. The molecule has 1 amide bonds. The van der Waals surface area contributed by atoms with Crippen LogP contribution in [0, 0.1) is 12.7 Å². The van der Waals surface area contributed by atoms with Gasteiger partial charge in [-0.15, -0.1) is 0 Å². The van der Waals surface area contributed by atoms with Crippen molar-refractivity contribution in [3.63, 3.8) is 0 Å². The van der Waals surface area contributed by atoms with E-state index in [0.717, 1.165) is 0 Å². The molecule has 0 spiro atoms.